The van der Waals surface area contributed by atoms with Gasteiger partial charge in [0.15, 0.2) is 17.5 Å². The minimum absolute atomic E-state index is 0.178. The highest BCUT2D eigenvalue weighted by Gasteiger charge is 2.20. The Morgan fingerprint density at radius 3 is 2.68 bits per heavy atom. The predicted molar refractivity (Wildman–Crippen MR) is 93.5 cm³/mol. The number of rotatable bonds is 8. The molecule has 1 aromatic heterocycles. The van der Waals surface area contributed by atoms with Gasteiger partial charge in [-0.1, -0.05) is 25.1 Å². The third kappa shape index (κ3) is 5.06. The molecule has 0 saturated carbocycles. The third-order valence-corrected chi connectivity index (χ3v) is 4.05. The van der Waals surface area contributed by atoms with Crippen LogP contribution in [0.3, 0.4) is 0 Å². The van der Waals surface area contributed by atoms with Crippen LogP contribution in [0.1, 0.15) is 30.3 Å². The number of esters is 1. The molecule has 0 radical (unpaired) electrons. The molecular weight excluding hydrogens is 345 g/mol. The van der Waals surface area contributed by atoms with Crippen molar-refractivity contribution in [3.63, 3.8) is 0 Å². The molecule has 0 saturated heterocycles. The molecule has 1 heterocycles. The number of halogens is 1. The molecule has 2 aromatic rings. The SMILES string of the molecule is CCCCNC(=O)COC(=O)c1cnc(SC)n1-c1ccc(F)cc1. The van der Waals surface area contributed by atoms with Crippen LogP contribution in [0, 0.1) is 5.82 Å². The van der Waals surface area contributed by atoms with E-state index >= 15 is 0 Å². The molecule has 8 heteroatoms. The molecule has 0 unspecified atom stereocenters. The number of unbranched alkanes of at least 4 members (excludes halogenated alkanes) is 1. The molecule has 6 nitrogen and oxygen atoms in total. The van der Waals surface area contributed by atoms with Gasteiger partial charge < -0.3 is 10.1 Å². The van der Waals surface area contributed by atoms with Crippen molar-refractivity contribution in [2.24, 2.45) is 0 Å². The van der Waals surface area contributed by atoms with Crippen molar-refractivity contribution in [1.82, 2.24) is 14.9 Å². The Morgan fingerprint density at radius 1 is 1.32 bits per heavy atom. The van der Waals surface area contributed by atoms with Crippen molar-refractivity contribution in [2.45, 2.75) is 24.9 Å². The fraction of sp³-hybridized carbons (Fsp3) is 0.353. The van der Waals surface area contributed by atoms with E-state index in [1.807, 2.05) is 13.2 Å². The summed E-state index contributed by atoms with van der Waals surface area (Å²) in [6, 6.07) is 5.70. The van der Waals surface area contributed by atoms with Gasteiger partial charge in [-0.2, -0.15) is 0 Å². The second-order valence-corrected chi connectivity index (χ2v) is 6.00. The van der Waals surface area contributed by atoms with Crippen molar-refractivity contribution in [2.75, 3.05) is 19.4 Å². The minimum atomic E-state index is -0.664. The molecule has 1 aromatic carbocycles. The summed E-state index contributed by atoms with van der Waals surface area (Å²) in [5.41, 5.74) is 0.764. The van der Waals surface area contributed by atoms with E-state index in [0.29, 0.717) is 17.4 Å². The Kier molecular flexibility index (Phi) is 7.00. The van der Waals surface area contributed by atoms with Gasteiger partial charge in [-0.15, -0.1) is 0 Å². The van der Waals surface area contributed by atoms with Crippen molar-refractivity contribution in [3.05, 3.63) is 42.0 Å². The first-order chi connectivity index (χ1) is 12.1. The standard InChI is InChI=1S/C17H20FN3O3S/c1-3-4-9-19-15(22)11-24-16(23)14-10-20-17(25-2)21(14)13-7-5-12(18)6-8-13/h5-8,10H,3-4,9,11H2,1-2H3,(H,19,22). The van der Waals surface area contributed by atoms with E-state index in [1.54, 1.807) is 16.7 Å². The lowest BCUT2D eigenvalue weighted by Crippen LogP contribution is -2.29. The van der Waals surface area contributed by atoms with E-state index in [-0.39, 0.29) is 24.0 Å². The average Bonchev–Trinajstić information content (AvgIpc) is 3.04. The summed E-state index contributed by atoms with van der Waals surface area (Å²) in [5, 5.41) is 3.24. The first-order valence-corrected chi connectivity index (χ1v) is 9.10. The zero-order valence-electron chi connectivity index (χ0n) is 14.1. The number of carbonyl (C=O) groups excluding carboxylic acids is 2. The van der Waals surface area contributed by atoms with Crippen molar-refractivity contribution < 1.29 is 18.7 Å². The average molecular weight is 365 g/mol. The van der Waals surface area contributed by atoms with Gasteiger partial charge in [0, 0.05) is 12.2 Å². The predicted octanol–water partition coefficient (Wildman–Crippen LogP) is 2.81. The summed E-state index contributed by atoms with van der Waals surface area (Å²) < 4.78 is 19.8. The van der Waals surface area contributed by atoms with Gasteiger partial charge in [0.2, 0.25) is 0 Å². The third-order valence-electron chi connectivity index (χ3n) is 3.39. The maximum absolute atomic E-state index is 13.1. The number of imidazole rings is 1. The van der Waals surface area contributed by atoms with Crippen LogP contribution in [0.4, 0.5) is 4.39 Å². The van der Waals surface area contributed by atoms with Crippen LogP contribution < -0.4 is 5.32 Å². The Hall–Kier alpha value is -2.35. The number of nitrogens with zero attached hydrogens (tertiary/aromatic N) is 2. The van der Waals surface area contributed by atoms with Crippen LogP contribution in [-0.2, 0) is 9.53 Å². The minimum Gasteiger partial charge on any atom is -0.451 e. The molecule has 1 N–H and O–H groups in total. The van der Waals surface area contributed by atoms with Crippen LogP contribution in [0.25, 0.3) is 5.69 Å². The number of ether oxygens (including phenoxy) is 1. The fourth-order valence-electron chi connectivity index (χ4n) is 2.12. The smallest absolute Gasteiger partial charge is 0.357 e. The molecule has 0 aliphatic heterocycles. The number of nitrogens with one attached hydrogen (secondary N) is 1. The monoisotopic (exact) mass is 365 g/mol. The van der Waals surface area contributed by atoms with Gasteiger partial charge in [0.25, 0.3) is 5.91 Å². The molecule has 0 atom stereocenters. The zero-order chi connectivity index (χ0) is 18.2. The van der Waals surface area contributed by atoms with Crippen LogP contribution in [-0.4, -0.2) is 40.8 Å². The number of thioether (sulfide) groups is 1. The number of hydrogen-bond acceptors (Lipinski definition) is 5. The quantitative estimate of drug-likeness (QED) is 0.442. The Bertz CT molecular complexity index is 731. The summed E-state index contributed by atoms with van der Waals surface area (Å²) in [6.45, 7) is 2.22. The zero-order valence-corrected chi connectivity index (χ0v) is 14.9. The molecule has 134 valence electrons. The largest absolute Gasteiger partial charge is 0.451 e. The lowest BCUT2D eigenvalue weighted by atomic mass is 10.3. The molecule has 0 spiro atoms. The van der Waals surface area contributed by atoms with E-state index in [4.69, 9.17) is 4.74 Å². The number of carbonyl (C=O) groups is 2. The van der Waals surface area contributed by atoms with E-state index in [0.717, 1.165) is 12.8 Å². The number of amides is 1. The number of benzene rings is 1. The van der Waals surface area contributed by atoms with Crippen molar-refractivity contribution in [3.8, 4) is 5.69 Å². The molecule has 2 rings (SSSR count). The van der Waals surface area contributed by atoms with Gasteiger partial charge in [-0.3, -0.25) is 9.36 Å². The maximum Gasteiger partial charge on any atom is 0.357 e. The molecular formula is C17H20FN3O3S. The van der Waals surface area contributed by atoms with Gasteiger partial charge in [-0.25, -0.2) is 14.2 Å². The molecule has 1 amide bonds. The van der Waals surface area contributed by atoms with E-state index in [1.165, 1.54) is 30.1 Å². The first kappa shape index (κ1) is 19.0. The molecule has 0 aliphatic carbocycles. The lowest BCUT2D eigenvalue weighted by molar-refractivity contribution is -0.124. The van der Waals surface area contributed by atoms with Crippen LogP contribution in [0.15, 0.2) is 35.6 Å². The summed E-state index contributed by atoms with van der Waals surface area (Å²) in [6.07, 6.45) is 5.04. The van der Waals surface area contributed by atoms with Crippen LogP contribution >= 0.6 is 11.8 Å². The maximum atomic E-state index is 13.1. The highest BCUT2D eigenvalue weighted by molar-refractivity contribution is 7.98. The second-order valence-electron chi connectivity index (χ2n) is 5.22. The van der Waals surface area contributed by atoms with Gasteiger partial charge >= 0.3 is 5.97 Å². The summed E-state index contributed by atoms with van der Waals surface area (Å²) >= 11 is 1.34. The van der Waals surface area contributed by atoms with Crippen molar-refractivity contribution >= 4 is 23.6 Å². The van der Waals surface area contributed by atoms with Gasteiger partial charge in [-0.05, 0) is 36.9 Å². The van der Waals surface area contributed by atoms with Gasteiger partial charge in [0.05, 0.1) is 6.20 Å². The van der Waals surface area contributed by atoms with E-state index < -0.39 is 5.97 Å². The van der Waals surface area contributed by atoms with Crippen LogP contribution in [0.2, 0.25) is 0 Å². The normalized spacial score (nSPS) is 10.5. The molecule has 0 fully saturated rings. The fourth-order valence-corrected chi connectivity index (χ4v) is 2.67. The molecule has 0 bridgehead atoms. The van der Waals surface area contributed by atoms with Gasteiger partial charge in [0.1, 0.15) is 5.82 Å². The van der Waals surface area contributed by atoms with E-state index in [9.17, 15) is 14.0 Å². The Labute approximate surface area is 149 Å². The first-order valence-electron chi connectivity index (χ1n) is 7.88. The Morgan fingerprint density at radius 2 is 2.04 bits per heavy atom. The van der Waals surface area contributed by atoms with E-state index in [2.05, 4.69) is 10.3 Å². The second kappa shape index (κ2) is 9.22. The van der Waals surface area contributed by atoms with Crippen LogP contribution in [0.5, 0.6) is 0 Å². The summed E-state index contributed by atoms with van der Waals surface area (Å²) in [4.78, 5) is 28.1. The lowest BCUT2D eigenvalue weighted by Gasteiger charge is -2.11. The Balaban J connectivity index is 2.11. The summed E-state index contributed by atoms with van der Waals surface area (Å²) in [7, 11) is 0. The number of aromatic nitrogens is 2. The van der Waals surface area contributed by atoms with Crippen molar-refractivity contribution in [1.29, 1.82) is 0 Å². The number of hydrogen-bond donors (Lipinski definition) is 1. The highest BCUT2D eigenvalue weighted by Crippen LogP contribution is 2.22. The highest BCUT2D eigenvalue weighted by atomic mass is 32.2. The molecule has 0 aliphatic rings. The summed E-state index contributed by atoms with van der Waals surface area (Å²) in [5.74, 6) is -1.38. The topological polar surface area (TPSA) is 73.2 Å². The molecule has 25 heavy (non-hydrogen) atoms.